The maximum Gasteiger partial charge on any atom is 0.410 e. The van der Waals surface area contributed by atoms with Crippen molar-refractivity contribution in [3.8, 4) is 0 Å². The van der Waals surface area contributed by atoms with E-state index in [1.165, 1.54) is 0 Å². The molecule has 1 aliphatic rings. The molecule has 28 heavy (non-hydrogen) atoms. The van der Waals surface area contributed by atoms with Gasteiger partial charge in [-0.05, 0) is 23.7 Å². The molecule has 2 heterocycles. The first-order chi connectivity index (χ1) is 13.0. The number of amides is 2. The number of fused-ring (bicyclic) bond motifs is 1. The summed E-state index contributed by atoms with van der Waals surface area (Å²) in [4.78, 5) is 17.3. The van der Waals surface area contributed by atoms with Gasteiger partial charge in [-0.2, -0.15) is 13.2 Å². The molecular weight excluding hydrogens is 389 g/mol. The van der Waals surface area contributed by atoms with E-state index in [-0.39, 0.29) is 13.1 Å². The Morgan fingerprint density at radius 1 is 1.32 bits per heavy atom. The Hall–Kier alpha value is -2.07. The van der Waals surface area contributed by atoms with Gasteiger partial charge in [0.05, 0.1) is 23.9 Å². The number of nitrogens with one attached hydrogen (secondary N) is 1. The first kappa shape index (κ1) is 20.7. The maximum atomic E-state index is 12.8. The van der Waals surface area contributed by atoms with E-state index in [1.54, 1.807) is 18.5 Å². The van der Waals surface area contributed by atoms with Crippen LogP contribution in [0.25, 0.3) is 11.0 Å². The van der Waals surface area contributed by atoms with Gasteiger partial charge in [-0.15, -0.1) is 0 Å². The lowest BCUT2D eigenvalue weighted by atomic mass is 10.2. The molecule has 1 aromatic carbocycles. The van der Waals surface area contributed by atoms with Crippen molar-refractivity contribution in [3.05, 3.63) is 30.1 Å². The number of hydrogen-bond donors (Lipinski definition) is 1. The summed E-state index contributed by atoms with van der Waals surface area (Å²) in [5.41, 5.74) is 2.34. The molecule has 0 unspecified atom stereocenters. The number of hydrogen-bond acceptors (Lipinski definition) is 3. The third-order valence-electron chi connectivity index (χ3n) is 4.67. The van der Waals surface area contributed by atoms with Crippen molar-refractivity contribution in [2.75, 3.05) is 13.2 Å². The molecule has 0 aliphatic carbocycles. The Kier molecular flexibility index (Phi) is 5.71. The fourth-order valence-corrected chi connectivity index (χ4v) is 3.74. The predicted molar refractivity (Wildman–Crippen MR) is 103 cm³/mol. The van der Waals surface area contributed by atoms with Gasteiger partial charge in [-0.3, -0.25) is 0 Å². The van der Waals surface area contributed by atoms with Gasteiger partial charge in [0.25, 0.3) is 0 Å². The van der Waals surface area contributed by atoms with Crippen LogP contribution in [0, 0.1) is 0 Å². The molecule has 1 saturated heterocycles. The normalized spacial score (nSPS) is 18.1. The van der Waals surface area contributed by atoms with Gasteiger partial charge in [-0.25, -0.2) is 9.78 Å². The number of benzene rings is 1. The molecular formula is C18H25F3N4O2Si. The lowest BCUT2D eigenvalue weighted by Crippen LogP contribution is -2.40. The van der Waals surface area contributed by atoms with E-state index in [0.717, 1.165) is 27.5 Å². The molecule has 1 atom stereocenters. The lowest BCUT2D eigenvalue weighted by Gasteiger charge is -2.16. The molecule has 0 bridgehead atoms. The summed E-state index contributed by atoms with van der Waals surface area (Å²) in [5.74, 6) is 0. The Labute approximate surface area is 162 Å². The second-order valence-corrected chi connectivity index (χ2v) is 13.9. The summed E-state index contributed by atoms with van der Waals surface area (Å²) < 4.78 is 46.0. The third kappa shape index (κ3) is 5.05. The highest BCUT2D eigenvalue weighted by Gasteiger charge is 2.46. The van der Waals surface area contributed by atoms with Gasteiger partial charge < -0.3 is 19.5 Å². The molecule has 1 fully saturated rings. The van der Waals surface area contributed by atoms with E-state index in [1.807, 2.05) is 16.0 Å². The van der Waals surface area contributed by atoms with Crippen LogP contribution in [0.5, 0.6) is 0 Å². The van der Waals surface area contributed by atoms with Crippen LogP contribution in [0.15, 0.2) is 24.5 Å². The fourth-order valence-electron chi connectivity index (χ4n) is 2.98. The Bertz CT molecular complexity index is 847. The number of alkyl halides is 3. The van der Waals surface area contributed by atoms with Crippen LogP contribution in [-0.2, 0) is 18.0 Å². The number of urea groups is 1. The highest BCUT2D eigenvalue weighted by atomic mass is 28.3. The van der Waals surface area contributed by atoms with Crippen molar-refractivity contribution in [1.29, 1.82) is 0 Å². The zero-order chi connectivity index (χ0) is 20.5. The van der Waals surface area contributed by atoms with Crippen molar-refractivity contribution in [2.45, 2.75) is 51.2 Å². The van der Waals surface area contributed by atoms with E-state index in [4.69, 9.17) is 4.74 Å². The zero-order valence-electron chi connectivity index (χ0n) is 16.2. The molecule has 1 aliphatic heterocycles. The van der Waals surface area contributed by atoms with Gasteiger partial charge in [0.1, 0.15) is 12.8 Å². The highest BCUT2D eigenvalue weighted by molar-refractivity contribution is 6.76. The number of carbonyl (C=O) groups is 1. The molecule has 0 radical (unpaired) electrons. The topological polar surface area (TPSA) is 59.4 Å². The summed E-state index contributed by atoms with van der Waals surface area (Å²) in [7, 11) is -1.14. The number of rotatable bonds is 7. The Balaban J connectivity index is 1.62. The Morgan fingerprint density at radius 3 is 2.71 bits per heavy atom. The minimum absolute atomic E-state index is 0.105. The highest BCUT2D eigenvalue weighted by Crippen LogP contribution is 2.25. The average molecular weight is 415 g/mol. The maximum absolute atomic E-state index is 12.8. The summed E-state index contributed by atoms with van der Waals surface area (Å²) >= 11 is 0. The van der Waals surface area contributed by atoms with Crippen LogP contribution in [0.4, 0.5) is 18.0 Å². The van der Waals surface area contributed by atoms with E-state index in [0.29, 0.717) is 13.3 Å². The second-order valence-electron chi connectivity index (χ2n) is 8.31. The quantitative estimate of drug-likeness (QED) is 0.554. The van der Waals surface area contributed by atoms with Gasteiger partial charge >= 0.3 is 12.2 Å². The molecule has 154 valence electrons. The number of ether oxygens (including phenoxy) is 1. The molecule has 0 spiro atoms. The predicted octanol–water partition coefficient (Wildman–Crippen LogP) is 3.80. The minimum Gasteiger partial charge on any atom is -0.361 e. The lowest BCUT2D eigenvalue weighted by molar-refractivity contribution is -0.149. The van der Waals surface area contributed by atoms with Gasteiger partial charge in [0.15, 0.2) is 0 Å². The van der Waals surface area contributed by atoms with Crippen LogP contribution < -0.4 is 5.32 Å². The van der Waals surface area contributed by atoms with Crippen molar-refractivity contribution in [1.82, 2.24) is 19.8 Å². The van der Waals surface area contributed by atoms with Crippen LogP contribution in [0.1, 0.15) is 5.56 Å². The van der Waals surface area contributed by atoms with Gasteiger partial charge in [-0.1, -0.05) is 25.7 Å². The van der Waals surface area contributed by atoms with E-state index >= 15 is 0 Å². The van der Waals surface area contributed by atoms with Crippen LogP contribution in [0.3, 0.4) is 0 Å². The third-order valence-corrected chi connectivity index (χ3v) is 6.37. The zero-order valence-corrected chi connectivity index (χ0v) is 17.2. The monoisotopic (exact) mass is 414 g/mol. The number of nitrogens with zero attached hydrogens (tertiary/aromatic N) is 3. The number of halogens is 3. The van der Waals surface area contributed by atoms with Crippen molar-refractivity contribution in [3.63, 3.8) is 0 Å². The number of aromatic nitrogens is 2. The summed E-state index contributed by atoms with van der Waals surface area (Å²) in [6, 6.07) is 4.01. The van der Waals surface area contributed by atoms with Gasteiger partial charge in [0, 0.05) is 21.2 Å². The average Bonchev–Trinajstić information content (AvgIpc) is 3.14. The van der Waals surface area contributed by atoms with Gasteiger partial charge in [0.2, 0.25) is 0 Å². The Morgan fingerprint density at radius 2 is 2.07 bits per heavy atom. The molecule has 1 aromatic heterocycles. The van der Waals surface area contributed by atoms with Crippen molar-refractivity contribution >= 4 is 25.1 Å². The number of carbonyl (C=O) groups excluding carboxylic acids is 1. The SMILES string of the molecule is C[Si](C)(C)CCOCn1cnc2cc(CN3C[C@@H](C(F)(F)F)NC3=O)ccc21. The second kappa shape index (κ2) is 7.74. The van der Waals surface area contributed by atoms with E-state index in [9.17, 15) is 18.0 Å². The summed E-state index contributed by atoms with van der Waals surface area (Å²) in [6.07, 6.45) is -2.76. The minimum atomic E-state index is -4.44. The summed E-state index contributed by atoms with van der Waals surface area (Å²) in [5, 5.41) is 1.97. The smallest absolute Gasteiger partial charge is 0.361 e. The van der Waals surface area contributed by atoms with Crippen LogP contribution in [0.2, 0.25) is 25.7 Å². The van der Waals surface area contributed by atoms with E-state index in [2.05, 4.69) is 24.6 Å². The van der Waals surface area contributed by atoms with Crippen LogP contribution in [-0.4, -0.2) is 53.9 Å². The first-order valence-corrected chi connectivity index (χ1v) is 12.9. The molecule has 0 saturated carbocycles. The van der Waals surface area contributed by atoms with Crippen molar-refractivity contribution in [2.24, 2.45) is 0 Å². The standard InChI is InChI=1S/C18H25F3N4O2Si/c1-28(2,3)7-6-27-12-25-11-22-14-8-13(4-5-15(14)25)9-24-10-16(18(19,20)21)23-17(24)26/h4-5,8,11,16H,6-7,9-10,12H2,1-3H3,(H,23,26)/t16-/m0/s1. The summed E-state index contributed by atoms with van der Waals surface area (Å²) in [6.45, 7) is 7.71. The first-order valence-electron chi connectivity index (χ1n) is 9.17. The molecule has 6 nitrogen and oxygen atoms in total. The largest absolute Gasteiger partial charge is 0.410 e. The fraction of sp³-hybridized carbons (Fsp3) is 0.556. The van der Waals surface area contributed by atoms with Crippen LogP contribution >= 0.6 is 0 Å². The molecule has 1 N–H and O–H groups in total. The molecule has 2 aromatic rings. The molecule has 3 rings (SSSR count). The molecule has 2 amide bonds. The van der Waals surface area contributed by atoms with Crippen molar-refractivity contribution < 1.29 is 22.7 Å². The number of imidazole rings is 1. The van der Waals surface area contributed by atoms with E-state index < -0.39 is 26.3 Å². The molecule has 10 heteroatoms.